The van der Waals surface area contributed by atoms with Crippen LogP contribution in [0.4, 0.5) is 5.82 Å². The van der Waals surface area contributed by atoms with E-state index in [1.54, 1.807) is 18.4 Å². The molecule has 2 N–H and O–H groups in total. The van der Waals surface area contributed by atoms with Crippen LogP contribution in [0.15, 0.2) is 37.2 Å². The van der Waals surface area contributed by atoms with Gasteiger partial charge in [0.15, 0.2) is 5.82 Å². The Morgan fingerprint density at radius 2 is 2.22 bits per heavy atom. The number of nitrogen functional groups attached to an aromatic ring is 1. The van der Waals surface area contributed by atoms with Gasteiger partial charge in [0.25, 0.3) is 0 Å². The highest BCUT2D eigenvalue weighted by Crippen LogP contribution is 2.46. The topological polar surface area (TPSA) is 85.8 Å². The van der Waals surface area contributed by atoms with Crippen molar-refractivity contribution < 1.29 is 9.53 Å². The number of rotatable bonds is 4. The van der Waals surface area contributed by atoms with Crippen LogP contribution in [0.1, 0.15) is 23.6 Å². The number of aryl methyl sites for hydroxylation is 1. The van der Waals surface area contributed by atoms with Crippen LogP contribution in [0.3, 0.4) is 0 Å². The van der Waals surface area contributed by atoms with E-state index in [1.807, 2.05) is 21.5 Å². The first-order chi connectivity index (χ1) is 15.4. The molecule has 1 amide bonds. The second-order valence-electron chi connectivity index (χ2n) is 7.90. The van der Waals surface area contributed by atoms with Crippen molar-refractivity contribution in [1.29, 1.82) is 0 Å². The molecule has 5 rings (SSSR count). The Morgan fingerprint density at radius 3 is 2.97 bits per heavy atom. The number of fused-ring (bicyclic) bond motifs is 2. The maximum Gasteiger partial charge on any atom is 0.245 e. The molecule has 4 heterocycles. The lowest BCUT2D eigenvalue weighted by atomic mass is 10.0. The molecule has 164 valence electrons. The molecule has 1 aliphatic rings. The van der Waals surface area contributed by atoms with E-state index in [0.717, 1.165) is 49.5 Å². The van der Waals surface area contributed by atoms with E-state index < -0.39 is 0 Å². The number of carbonyl (C=O) groups excluding carboxylic acids is 1. The van der Waals surface area contributed by atoms with Gasteiger partial charge >= 0.3 is 0 Å². The molecule has 0 saturated carbocycles. The molecule has 1 aliphatic heterocycles. The van der Waals surface area contributed by atoms with Crippen molar-refractivity contribution in [3.8, 4) is 16.2 Å². The molecule has 0 radical (unpaired) electrons. The van der Waals surface area contributed by atoms with Crippen molar-refractivity contribution in [3.05, 3.63) is 53.5 Å². The Hall–Kier alpha value is -3.10. The van der Waals surface area contributed by atoms with Crippen LogP contribution in [0.25, 0.3) is 26.0 Å². The predicted molar refractivity (Wildman–Crippen MR) is 129 cm³/mol. The van der Waals surface area contributed by atoms with Crippen LogP contribution in [0.2, 0.25) is 5.02 Å². The fourth-order valence-electron chi connectivity index (χ4n) is 4.55. The number of hydrogen-bond donors (Lipinski definition) is 1. The monoisotopic (exact) mass is 467 g/mol. The van der Waals surface area contributed by atoms with Crippen molar-refractivity contribution in [2.24, 2.45) is 0 Å². The van der Waals surface area contributed by atoms with Crippen LogP contribution in [0, 0.1) is 6.92 Å². The number of ether oxygens (including phenoxy) is 1. The third-order valence-electron chi connectivity index (χ3n) is 6.14. The highest BCUT2D eigenvalue weighted by atomic mass is 35.5. The Kier molecular flexibility index (Phi) is 5.06. The summed E-state index contributed by atoms with van der Waals surface area (Å²) in [6, 6.07) is 5.93. The van der Waals surface area contributed by atoms with E-state index in [9.17, 15) is 4.79 Å². The van der Waals surface area contributed by atoms with E-state index in [4.69, 9.17) is 22.1 Å². The van der Waals surface area contributed by atoms with Gasteiger partial charge in [-0.25, -0.2) is 9.50 Å². The Labute approximate surface area is 194 Å². The van der Waals surface area contributed by atoms with Crippen molar-refractivity contribution in [2.75, 3.05) is 25.9 Å². The lowest BCUT2D eigenvalue weighted by Gasteiger charge is -2.14. The molecular weight excluding hydrogens is 446 g/mol. The second kappa shape index (κ2) is 7.79. The minimum atomic E-state index is -0.0490. The van der Waals surface area contributed by atoms with Gasteiger partial charge in [-0.2, -0.15) is 5.10 Å². The van der Waals surface area contributed by atoms with Crippen LogP contribution in [-0.2, 0) is 4.79 Å². The molecule has 3 aromatic heterocycles. The van der Waals surface area contributed by atoms with Crippen LogP contribution < -0.4 is 10.5 Å². The van der Waals surface area contributed by atoms with Crippen LogP contribution >= 0.6 is 22.9 Å². The standard InChI is InChI=1S/C23H22ClN5O2S/c1-4-19(30)28-6-5-13(10-28)17-9-16(20-23(25)26-11-27-29(17)20)21-12(2)15-7-14(24)8-18(31-3)22(15)32-21/h4,7-9,11,13H,1,5-6,10H2,2-3H3,(H2,25,26,27)/t13-/m1/s1. The zero-order valence-electron chi connectivity index (χ0n) is 17.8. The van der Waals surface area contributed by atoms with E-state index in [0.29, 0.717) is 23.9 Å². The number of halogens is 1. The van der Waals surface area contributed by atoms with Crippen LogP contribution in [-0.4, -0.2) is 45.6 Å². The van der Waals surface area contributed by atoms with Crippen molar-refractivity contribution in [2.45, 2.75) is 19.3 Å². The third-order valence-corrected chi connectivity index (χ3v) is 7.71. The number of nitrogens with zero attached hydrogens (tertiary/aromatic N) is 4. The Bertz CT molecular complexity index is 1390. The summed E-state index contributed by atoms with van der Waals surface area (Å²) in [5.74, 6) is 1.26. The summed E-state index contributed by atoms with van der Waals surface area (Å²) in [4.78, 5) is 19.2. The molecule has 1 saturated heterocycles. The van der Waals surface area contributed by atoms with Gasteiger partial charge in [-0.15, -0.1) is 11.3 Å². The number of methoxy groups -OCH3 is 1. The lowest BCUT2D eigenvalue weighted by Crippen LogP contribution is -2.26. The molecule has 0 aliphatic carbocycles. The summed E-state index contributed by atoms with van der Waals surface area (Å²) < 4.78 is 8.49. The van der Waals surface area contributed by atoms with Gasteiger partial charge in [0.1, 0.15) is 17.6 Å². The molecule has 4 aromatic rings. The maximum atomic E-state index is 12.1. The summed E-state index contributed by atoms with van der Waals surface area (Å²) in [6.07, 6.45) is 3.69. The molecule has 0 spiro atoms. The van der Waals surface area contributed by atoms with Crippen LogP contribution in [0.5, 0.6) is 5.75 Å². The summed E-state index contributed by atoms with van der Waals surface area (Å²) >= 11 is 7.97. The van der Waals surface area contributed by atoms with E-state index in [2.05, 4.69) is 29.7 Å². The number of anilines is 1. The smallest absolute Gasteiger partial charge is 0.245 e. The number of benzene rings is 1. The van der Waals surface area contributed by atoms with Gasteiger partial charge < -0.3 is 15.4 Å². The van der Waals surface area contributed by atoms with E-state index >= 15 is 0 Å². The van der Waals surface area contributed by atoms with Gasteiger partial charge in [-0.05, 0) is 37.1 Å². The molecule has 1 aromatic carbocycles. The average Bonchev–Trinajstić information content (AvgIpc) is 3.49. The molecular formula is C23H22ClN5O2S. The summed E-state index contributed by atoms with van der Waals surface area (Å²) in [7, 11) is 1.65. The average molecular weight is 468 g/mol. The number of amides is 1. The minimum absolute atomic E-state index is 0.0490. The highest BCUT2D eigenvalue weighted by molar-refractivity contribution is 7.23. The van der Waals surface area contributed by atoms with Crippen molar-refractivity contribution in [3.63, 3.8) is 0 Å². The van der Waals surface area contributed by atoms with E-state index in [1.165, 1.54) is 12.4 Å². The number of likely N-dealkylation sites (tertiary alicyclic amines) is 1. The van der Waals surface area contributed by atoms with Gasteiger partial charge in [-0.3, -0.25) is 4.79 Å². The SMILES string of the molecule is C=CC(=O)N1CC[C@@H](c2cc(-c3sc4c(OC)cc(Cl)cc4c3C)c3c(N)ncnn23)C1. The van der Waals surface area contributed by atoms with Gasteiger partial charge in [-0.1, -0.05) is 18.2 Å². The lowest BCUT2D eigenvalue weighted by molar-refractivity contribution is -0.125. The van der Waals surface area contributed by atoms with Crippen molar-refractivity contribution in [1.82, 2.24) is 19.5 Å². The maximum absolute atomic E-state index is 12.1. The number of aromatic nitrogens is 3. The highest BCUT2D eigenvalue weighted by Gasteiger charge is 2.30. The first kappa shape index (κ1) is 20.8. The van der Waals surface area contributed by atoms with E-state index in [-0.39, 0.29) is 11.8 Å². The molecule has 9 heteroatoms. The second-order valence-corrected chi connectivity index (χ2v) is 9.36. The number of nitrogens with two attached hydrogens (primary N) is 1. The Balaban J connectivity index is 1.70. The molecule has 7 nitrogen and oxygen atoms in total. The minimum Gasteiger partial charge on any atom is -0.495 e. The first-order valence-electron chi connectivity index (χ1n) is 10.2. The fourth-order valence-corrected chi connectivity index (χ4v) is 6.05. The number of thiophene rings is 1. The van der Waals surface area contributed by atoms with Gasteiger partial charge in [0.2, 0.25) is 5.91 Å². The zero-order chi connectivity index (χ0) is 22.6. The van der Waals surface area contributed by atoms with Gasteiger partial charge in [0.05, 0.1) is 11.8 Å². The molecule has 32 heavy (non-hydrogen) atoms. The molecule has 1 atom stereocenters. The largest absolute Gasteiger partial charge is 0.495 e. The number of carbonyl (C=O) groups is 1. The summed E-state index contributed by atoms with van der Waals surface area (Å²) in [6.45, 7) is 6.99. The molecule has 0 unspecified atom stereocenters. The first-order valence-corrected chi connectivity index (χ1v) is 11.4. The molecule has 1 fully saturated rings. The summed E-state index contributed by atoms with van der Waals surface area (Å²) in [5, 5.41) is 6.19. The number of hydrogen-bond acceptors (Lipinski definition) is 6. The third kappa shape index (κ3) is 3.13. The Morgan fingerprint density at radius 1 is 1.41 bits per heavy atom. The summed E-state index contributed by atoms with van der Waals surface area (Å²) in [5.41, 5.74) is 10.2. The zero-order valence-corrected chi connectivity index (χ0v) is 19.3. The van der Waals surface area contributed by atoms with Gasteiger partial charge in [0, 0.05) is 51.6 Å². The molecule has 0 bridgehead atoms. The quantitative estimate of drug-likeness (QED) is 0.441. The fraction of sp³-hybridized carbons (Fsp3) is 0.261. The normalized spacial score (nSPS) is 16.2. The predicted octanol–water partition coefficient (Wildman–Crippen LogP) is 4.67. The van der Waals surface area contributed by atoms with Crippen molar-refractivity contribution >= 4 is 50.3 Å².